The van der Waals surface area contributed by atoms with Crippen LogP contribution in [-0.4, -0.2) is 37.7 Å². The maximum atomic E-state index is 12.5. The Morgan fingerprint density at radius 3 is 2.11 bits per heavy atom. The standard InChI is InChI=1S/C28H29BrN4O5/c1-16-7-6-8-17(2)25(16)32-27(35)28(36)33-30-14-20-9-10-22(23(13-20)37-5)38-15-24(34)31-26-18(3)11-21(29)12-19(26)4/h6-14H,15H2,1-5H3,(H,31,34)(H,32,35)(H,33,36)/b30-14-. The molecule has 3 aromatic carbocycles. The molecule has 0 aromatic heterocycles. The van der Waals surface area contributed by atoms with E-state index >= 15 is 0 Å². The van der Waals surface area contributed by atoms with Crippen LogP contribution in [0, 0.1) is 27.7 Å². The molecule has 0 unspecified atom stereocenters. The molecule has 3 aromatic rings. The molecular formula is C28H29BrN4O5. The first kappa shape index (κ1) is 28.4. The summed E-state index contributed by atoms with van der Waals surface area (Å²) in [6.07, 6.45) is 1.36. The number of methoxy groups -OCH3 is 1. The summed E-state index contributed by atoms with van der Waals surface area (Å²) in [7, 11) is 1.47. The number of halogens is 1. The Labute approximate surface area is 229 Å². The Kier molecular flexibility index (Phi) is 9.61. The van der Waals surface area contributed by atoms with Crippen molar-refractivity contribution in [2.45, 2.75) is 27.7 Å². The van der Waals surface area contributed by atoms with E-state index in [1.807, 2.05) is 58.0 Å². The van der Waals surface area contributed by atoms with Crippen molar-refractivity contribution in [1.82, 2.24) is 5.43 Å². The fourth-order valence-electron chi connectivity index (χ4n) is 3.71. The van der Waals surface area contributed by atoms with Gasteiger partial charge in [0.05, 0.1) is 13.3 Å². The van der Waals surface area contributed by atoms with Gasteiger partial charge in [-0.3, -0.25) is 14.4 Å². The summed E-state index contributed by atoms with van der Waals surface area (Å²) in [5.41, 5.74) is 7.68. The van der Waals surface area contributed by atoms with Crippen molar-refractivity contribution >= 4 is 51.2 Å². The highest BCUT2D eigenvalue weighted by Gasteiger charge is 2.15. The molecule has 0 atom stereocenters. The number of aryl methyl sites for hydroxylation is 4. The molecule has 3 N–H and O–H groups in total. The number of para-hydroxylation sites is 1. The predicted octanol–water partition coefficient (Wildman–Crippen LogP) is 4.80. The quantitative estimate of drug-likeness (QED) is 0.201. The summed E-state index contributed by atoms with van der Waals surface area (Å²) >= 11 is 3.44. The summed E-state index contributed by atoms with van der Waals surface area (Å²) < 4.78 is 12.0. The zero-order valence-electron chi connectivity index (χ0n) is 21.8. The molecule has 9 nitrogen and oxygen atoms in total. The molecule has 0 spiro atoms. The van der Waals surface area contributed by atoms with Crippen molar-refractivity contribution in [2.24, 2.45) is 5.10 Å². The lowest BCUT2D eigenvalue weighted by Crippen LogP contribution is -2.32. The van der Waals surface area contributed by atoms with Crippen molar-refractivity contribution < 1.29 is 23.9 Å². The number of nitrogens with zero attached hydrogens (tertiary/aromatic N) is 1. The largest absolute Gasteiger partial charge is 0.493 e. The Morgan fingerprint density at radius 2 is 1.47 bits per heavy atom. The number of carbonyl (C=O) groups is 3. The number of amides is 3. The van der Waals surface area contributed by atoms with Gasteiger partial charge in [-0.1, -0.05) is 34.1 Å². The lowest BCUT2D eigenvalue weighted by Gasteiger charge is -2.14. The van der Waals surface area contributed by atoms with Gasteiger partial charge in [-0.15, -0.1) is 0 Å². The van der Waals surface area contributed by atoms with E-state index in [0.717, 1.165) is 32.4 Å². The number of carbonyl (C=O) groups excluding carboxylic acids is 3. The monoisotopic (exact) mass is 580 g/mol. The van der Waals surface area contributed by atoms with Gasteiger partial charge < -0.3 is 20.1 Å². The SMILES string of the molecule is COc1cc(/C=N\NC(=O)C(=O)Nc2c(C)cccc2C)ccc1OCC(=O)Nc1c(C)cc(Br)cc1C. The smallest absolute Gasteiger partial charge is 0.329 e. The molecule has 38 heavy (non-hydrogen) atoms. The minimum atomic E-state index is -0.905. The van der Waals surface area contributed by atoms with E-state index in [-0.39, 0.29) is 12.5 Å². The van der Waals surface area contributed by atoms with Gasteiger partial charge in [0, 0.05) is 15.8 Å². The number of hydrazone groups is 1. The second kappa shape index (κ2) is 12.9. The Balaban J connectivity index is 1.57. The van der Waals surface area contributed by atoms with Gasteiger partial charge in [0.15, 0.2) is 18.1 Å². The van der Waals surface area contributed by atoms with E-state index in [4.69, 9.17) is 9.47 Å². The van der Waals surface area contributed by atoms with Crippen LogP contribution < -0.4 is 25.5 Å². The maximum Gasteiger partial charge on any atom is 0.329 e. The minimum absolute atomic E-state index is 0.218. The Morgan fingerprint density at radius 1 is 0.842 bits per heavy atom. The van der Waals surface area contributed by atoms with E-state index in [9.17, 15) is 14.4 Å². The average molecular weight is 581 g/mol. The molecular weight excluding hydrogens is 552 g/mol. The van der Waals surface area contributed by atoms with Gasteiger partial charge >= 0.3 is 11.8 Å². The molecule has 0 bridgehead atoms. The molecule has 198 valence electrons. The van der Waals surface area contributed by atoms with Crippen molar-refractivity contribution in [3.05, 3.63) is 80.8 Å². The number of hydrogen-bond acceptors (Lipinski definition) is 6. The predicted molar refractivity (Wildman–Crippen MR) is 151 cm³/mol. The average Bonchev–Trinajstić information content (AvgIpc) is 2.87. The molecule has 0 heterocycles. The van der Waals surface area contributed by atoms with Crippen LogP contribution in [0.5, 0.6) is 11.5 Å². The van der Waals surface area contributed by atoms with Crippen molar-refractivity contribution in [3.63, 3.8) is 0 Å². The zero-order valence-corrected chi connectivity index (χ0v) is 23.4. The van der Waals surface area contributed by atoms with Crippen LogP contribution in [0.4, 0.5) is 11.4 Å². The summed E-state index contributed by atoms with van der Waals surface area (Å²) in [4.78, 5) is 36.9. The van der Waals surface area contributed by atoms with Gasteiger partial charge in [0.25, 0.3) is 5.91 Å². The van der Waals surface area contributed by atoms with Crippen molar-refractivity contribution in [3.8, 4) is 11.5 Å². The summed E-state index contributed by atoms with van der Waals surface area (Å²) in [5.74, 6) is -1.31. The van der Waals surface area contributed by atoms with E-state index < -0.39 is 11.8 Å². The van der Waals surface area contributed by atoms with Gasteiger partial charge in [-0.25, -0.2) is 5.43 Å². The van der Waals surface area contributed by atoms with Crippen LogP contribution in [0.2, 0.25) is 0 Å². The van der Waals surface area contributed by atoms with E-state index in [2.05, 4.69) is 37.1 Å². The molecule has 0 aliphatic carbocycles. The summed E-state index contributed by atoms with van der Waals surface area (Å²) in [6.45, 7) is 7.30. The molecule has 0 aliphatic rings. The van der Waals surface area contributed by atoms with E-state index in [0.29, 0.717) is 22.7 Å². The molecule has 10 heteroatoms. The second-order valence-electron chi connectivity index (χ2n) is 8.58. The maximum absolute atomic E-state index is 12.5. The van der Waals surface area contributed by atoms with Crippen LogP contribution >= 0.6 is 15.9 Å². The summed E-state index contributed by atoms with van der Waals surface area (Å²) in [6, 6.07) is 14.3. The third kappa shape index (κ3) is 7.42. The third-order valence-corrected chi connectivity index (χ3v) is 6.07. The lowest BCUT2D eigenvalue weighted by atomic mass is 10.1. The van der Waals surface area contributed by atoms with Crippen LogP contribution in [0.1, 0.15) is 27.8 Å². The number of rotatable bonds is 8. The normalized spacial score (nSPS) is 10.7. The lowest BCUT2D eigenvalue weighted by molar-refractivity contribution is -0.136. The van der Waals surface area contributed by atoms with Gasteiger partial charge in [-0.2, -0.15) is 5.10 Å². The van der Waals surface area contributed by atoms with Gasteiger partial charge in [0.1, 0.15) is 0 Å². The molecule has 3 rings (SSSR count). The van der Waals surface area contributed by atoms with Gasteiger partial charge in [-0.05, 0) is 85.8 Å². The Hall–Kier alpha value is -4.18. The highest BCUT2D eigenvalue weighted by Crippen LogP contribution is 2.28. The van der Waals surface area contributed by atoms with Crippen molar-refractivity contribution in [1.29, 1.82) is 0 Å². The summed E-state index contributed by atoms with van der Waals surface area (Å²) in [5, 5.41) is 9.33. The van der Waals surface area contributed by atoms with E-state index in [1.54, 1.807) is 18.2 Å². The Bertz CT molecular complexity index is 1360. The number of nitrogens with one attached hydrogen (secondary N) is 3. The first-order chi connectivity index (χ1) is 18.1. The molecule has 0 aliphatic heterocycles. The fourth-order valence-corrected chi connectivity index (χ4v) is 4.40. The molecule has 0 radical (unpaired) electrons. The molecule has 0 saturated heterocycles. The third-order valence-electron chi connectivity index (χ3n) is 5.61. The fraction of sp³-hybridized carbons (Fsp3) is 0.214. The number of benzene rings is 3. The minimum Gasteiger partial charge on any atom is -0.493 e. The number of ether oxygens (including phenoxy) is 2. The first-order valence-corrected chi connectivity index (χ1v) is 12.5. The zero-order chi connectivity index (χ0) is 27.8. The topological polar surface area (TPSA) is 118 Å². The van der Waals surface area contributed by atoms with Crippen LogP contribution in [-0.2, 0) is 14.4 Å². The molecule has 0 fully saturated rings. The highest BCUT2D eigenvalue weighted by molar-refractivity contribution is 9.10. The van der Waals surface area contributed by atoms with Crippen LogP contribution in [0.15, 0.2) is 58.1 Å². The van der Waals surface area contributed by atoms with Crippen LogP contribution in [0.25, 0.3) is 0 Å². The van der Waals surface area contributed by atoms with Crippen LogP contribution in [0.3, 0.4) is 0 Å². The number of anilines is 2. The first-order valence-electron chi connectivity index (χ1n) is 11.7. The van der Waals surface area contributed by atoms with Crippen molar-refractivity contribution in [2.75, 3.05) is 24.4 Å². The highest BCUT2D eigenvalue weighted by atomic mass is 79.9. The van der Waals surface area contributed by atoms with Gasteiger partial charge in [0.2, 0.25) is 0 Å². The second-order valence-corrected chi connectivity index (χ2v) is 9.50. The molecule has 0 saturated carbocycles. The molecule has 3 amide bonds. The number of hydrogen-bond donors (Lipinski definition) is 3. The van der Waals surface area contributed by atoms with E-state index in [1.165, 1.54) is 13.3 Å².